The average Bonchev–Trinajstić information content (AvgIpc) is 3.41. The van der Waals surface area contributed by atoms with E-state index in [1.165, 1.54) is 28.7 Å². The summed E-state index contributed by atoms with van der Waals surface area (Å²) in [6, 6.07) is 7.83. The highest BCUT2D eigenvalue weighted by molar-refractivity contribution is 7.19. The maximum atomic E-state index is 5.60. The second-order valence-corrected chi connectivity index (χ2v) is 7.69. The highest BCUT2D eigenvalue weighted by Gasteiger charge is 2.23. The van der Waals surface area contributed by atoms with Gasteiger partial charge in [0.1, 0.15) is 28.5 Å². The molecule has 0 amide bonds. The Morgan fingerprint density at radius 2 is 1.69 bits per heavy atom. The Kier molecular flexibility index (Phi) is 3.97. The van der Waals surface area contributed by atoms with Gasteiger partial charge in [0, 0.05) is 4.88 Å². The number of anilines is 1. The van der Waals surface area contributed by atoms with Crippen LogP contribution in [0, 0.1) is 0 Å². The van der Waals surface area contributed by atoms with E-state index < -0.39 is 0 Å². The van der Waals surface area contributed by atoms with E-state index in [2.05, 4.69) is 14.9 Å². The molecule has 0 radical (unpaired) electrons. The number of fused-ring (bicyclic) bond motifs is 3. The zero-order chi connectivity index (χ0) is 17.3. The van der Waals surface area contributed by atoms with Crippen molar-refractivity contribution in [3.8, 4) is 0 Å². The van der Waals surface area contributed by atoms with Gasteiger partial charge in [-0.05, 0) is 55.5 Å². The molecular formula is C20H19N3O2S. The van der Waals surface area contributed by atoms with Crippen LogP contribution in [-0.4, -0.2) is 9.97 Å². The largest absolute Gasteiger partial charge is 0.467 e. The Hall–Kier alpha value is -2.60. The summed E-state index contributed by atoms with van der Waals surface area (Å²) >= 11 is 1.82. The van der Waals surface area contributed by atoms with Crippen molar-refractivity contribution in [2.75, 3.05) is 4.90 Å². The van der Waals surface area contributed by atoms with Crippen LogP contribution < -0.4 is 4.90 Å². The molecule has 6 heteroatoms. The van der Waals surface area contributed by atoms with Gasteiger partial charge >= 0.3 is 0 Å². The lowest BCUT2D eigenvalue weighted by atomic mass is 9.97. The van der Waals surface area contributed by atoms with E-state index in [1.54, 1.807) is 18.9 Å². The van der Waals surface area contributed by atoms with Crippen LogP contribution in [-0.2, 0) is 25.9 Å². The van der Waals surface area contributed by atoms with Gasteiger partial charge < -0.3 is 13.7 Å². The molecule has 132 valence electrons. The van der Waals surface area contributed by atoms with Crippen LogP contribution in [0.15, 0.2) is 52.0 Å². The van der Waals surface area contributed by atoms with Crippen LogP contribution >= 0.6 is 11.3 Å². The Labute approximate surface area is 155 Å². The van der Waals surface area contributed by atoms with Gasteiger partial charge in [0.2, 0.25) is 0 Å². The zero-order valence-corrected chi connectivity index (χ0v) is 15.2. The van der Waals surface area contributed by atoms with Crippen LogP contribution in [0.3, 0.4) is 0 Å². The number of aryl methyl sites for hydroxylation is 2. The summed E-state index contributed by atoms with van der Waals surface area (Å²) in [5.74, 6) is 2.79. The first-order valence-electron chi connectivity index (χ1n) is 8.93. The average molecular weight is 365 g/mol. The number of nitrogens with zero attached hydrogens (tertiary/aromatic N) is 3. The molecule has 0 spiro atoms. The molecule has 0 bridgehead atoms. The molecule has 0 unspecified atom stereocenters. The molecule has 5 nitrogen and oxygen atoms in total. The fourth-order valence-electron chi connectivity index (χ4n) is 3.70. The number of thiophene rings is 1. The molecule has 4 aromatic rings. The molecule has 0 saturated carbocycles. The molecule has 0 aromatic carbocycles. The number of rotatable bonds is 5. The van der Waals surface area contributed by atoms with Gasteiger partial charge in [-0.25, -0.2) is 9.97 Å². The quantitative estimate of drug-likeness (QED) is 0.500. The maximum absolute atomic E-state index is 5.60. The summed E-state index contributed by atoms with van der Waals surface area (Å²) in [5.41, 5.74) is 1.44. The Balaban J connectivity index is 1.62. The van der Waals surface area contributed by atoms with Gasteiger partial charge in [0.25, 0.3) is 0 Å². The van der Waals surface area contributed by atoms with Crippen molar-refractivity contribution in [2.24, 2.45) is 0 Å². The second kappa shape index (κ2) is 6.61. The first-order valence-corrected chi connectivity index (χ1v) is 9.75. The number of furan rings is 2. The number of aromatic nitrogens is 2. The maximum Gasteiger partial charge on any atom is 0.141 e. The molecule has 26 heavy (non-hydrogen) atoms. The van der Waals surface area contributed by atoms with Crippen molar-refractivity contribution in [3.05, 3.63) is 65.1 Å². The van der Waals surface area contributed by atoms with Gasteiger partial charge in [-0.15, -0.1) is 11.3 Å². The van der Waals surface area contributed by atoms with Gasteiger partial charge in [-0.2, -0.15) is 0 Å². The highest BCUT2D eigenvalue weighted by atomic mass is 32.1. The van der Waals surface area contributed by atoms with E-state index in [9.17, 15) is 0 Å². The van der Waals surface area contributed by atoms with Crippen molar-refractivity contribution in [1.82, 2.24) is 9.97 Å². The molecule has 0 atom stereocenters. The smallest absolute Gasteiger partial charge is 0.141 e. The third-order valence-electron chi connectivity index (χ3n) is 4.88. The third kappa shape index (κ3) is 2.80. The predicted octanol–water partition coefficient (Wildman–Crippen LogP) is 4.96. The summed E-state index contributed by atoms with van der Waals surface area (Å²) in [4.78, 5) is 14.0. The van der Waals surface area contributed by atoms with Crippen LogP contribution in [0.25, 0.3) is 10.2 Å². The molecule has 0 aliphatic heterocycles. The van der Waals surface area contributed by atoms with Crippen molar-refractivity contribution in [1.29, 1.82) is 0 Å². The lowest BCUT2D eigenvalue weighted by Gasteiger charge is -2.23. The predicted molar refractivity (Wildman–Crippen MR) is 101 cm³/mol. The lowest BCUT2D eigenvalue weighted by molar-refractivity contribution is 0.476. The molecule has 5 rings (SSSR count). The summed E-state index contributed by atoms with van der Waals surface area (Å²) < 4.78 is 11.2. The van der Waals surface area contributed by atoms with Crippen LogP contribution in [0.5, 0.6) is 0 Å². The van der Waals surface area contributed by atoms with Gasteiger partial charge in [0.05, 0.1) is 31.0 Å². The number of hydrogen-bond donors (Lipinski definition) is 0. The van der Waals surface area contributed by atoms with E-state index in [0.29, 0.717) is 13.1 Å². The van der Waals surface area contributed by atoms with E-state index in [1.807, 2.05) is 35.6 Å². The molecule has 0 fully saturated rings. The van der Waals surface area contributed by atoms with E-state index in [4.69, 9.17) is 8.83 Å². The van der Waals surface area contributed by atoms with Crippen LogP contribution in [0.1, 0.15) is 34.8 Å². The van der Waals surface area contributed by atoms with Gasteiger partial charge in [-0.3, -0.25) is 0 Å². The Morgan fingerprint density at radius 1 is 0.962 bits per heavy atom. The fourth-order valence-corrected chi connectivity index (χ4v) is 4.92. The minimum atomic E-state index is 0.643. The standard InChI is InChI=1S/C20H19N3O2S/c1-2-8-17-16(7-1)18-19(21-13-22-20(18)26-17)23(11-14-5-3-9-24-14)12-15-6-4-10-25-15/h3-6,9-10,13H,1-2,7-8,11-12H2. The monoisotopic (exact) mass is 365 g/mol. The van der Waals surface area contributed by atoms with Crippen molar-refractivity contribution < 1.29 is 8.83 Å². The first kappa shape index (κ1) is 15.6. The summed E-state index contributed by atoms with van der Waals surface area (Å²) in [6.07, 6.45) is 9.88. The molecule has 1 aliphatic carbocycles. The molecule has 0 N–H and O–H groups in total. The van der Waals surface area contributed by atoms with Gasteiger partial charge in [-0.1, -0.05) is 0 Å². The first-order chi connectivity index (χ1) is 12.9. The van der Waals surface area contributed by atoms with E-state index >= 15 is 0 Å². The molecule has 4 aromatic heterocycles. The Bertz CT molecular complexity index is 969. The normalized spacial score (nSPS) is 13.8. The molecular weight excluding hydrogens is 346 g/mol. The zero-order valence-electron chi connectivity index (χ0n) is 14.4. The van der Waals surface area contributed by atoms with Crippen molar-refractivity contribution >= 4 is 27.4 Å². The Morgan fingerprint density at radius 3 is 2.38 bits per heavy atom. The van der Waals surface area contributed by atoms with Gasteiger partial charge in [0.15, 0.2) is 0 Å². The van der Waals surface area contributed by atoms with Crippen LogP contribution in [0.2, 0.25) is 0 Å². The van der Waals surface area contributed by atoms with Crippen molar-refractivity contribution in [3.63, 3.8) is 0 Å². The van der Waals surface area contributed by atoms with E-state index in [0.717, 1.165) is 35.0 Å². The third-order valence-corrected chi connectivity index (χ3v) is 6.08. The summed E-state index contributed by atoms with van der Waals surface area (Å²) in [5, 5.41) is 1.21. The van der Waals surface area contributed by atoms with Crippen LogP contribution in [0.4, 0.5) is 5.82 Å². The van der Waals surface area contributed by atoms with Crippen molar-refractivity contribution in [2.45, 2.75) is 38.8 Å². The number of hydrogen-bond acceptors (Lipinski definition) is 6. The molecule has 1 aliphatic rings. The SMILES string of the molecule is c1coc(CN(Cc2ccco2)c2ncnc3sc4c(c23)CCCC4)c1. The fraction of sp³-hybridized carbons (Fsp3) is 0.300. The molecule has 4 heterocycles. The second-order valence-electron chi connectivity index (χ2n) is 6.60. The topological polar surface area (TPSA) is 55.3 Å². The lowest BCUT2D eigenvalue weighted by Crippen LogP contribution is -2.23. The van der Waals surface area contributed by atoms with E-state index in [-0.39, 0.29) is 0 Å². The summed E-state index contributed by atoms with van der Waals surface area (Å²) in [6.45, 7) is 1.29. The minimum absolute atomic E-state index is 0.643. The minimum Gasteiger partial charge on any atom is -0.467 e. The molecule has 0 saturated heterocycles. The summed E-state index contributed by atoms with van der Waals surface area (Å²) in [7, 11) is 0. The highest BCUT2D eigenvalue weighted by Crippen LogP contribution is 2.39.